The average molecular weight is 797 g/mol. The zero-order chi connectivity index (χ0) is 41.7. The van der Waals surface area contributed by atoms with E-state index in [4.69, 9.17) is 30.3 Å². The predicted octanol–water partition coefficient (Wildman–Crippen LogP) is 5.94. The van der Waals surface area contributed by atoms with Crippen LogP contribution in [0.4, 0.5) is 23.0 Å². The fourth-order valence-corrected chi connectivity index (χ4v) is 6.85. The van der Waals surface area contributed by atoms with Gasteiger partial charge in [-0.2, -0.15) is 0 Å². The zero-order valence-corrected chi connectivity index (χ0v) is 33.6. The number of aryl methyl sites for hydroxylation is 2. The van der Waals surface area contributed by atoms with E-state index in [0.29, 0.717) is 40.3 Å². The summed E-state index contributed by atoms with van der Waals surface area (Å²) in [6, 6.07) is 26.0. The molecule has 0 spiro atoms. The van der Waals surface area contributed by atoms with Crippen molar-refractivity contribution < 1.29 is 24.2 Å². The number of rotatable bonds is 11. The molecular weight excluding hydrogens is 749 g/mol. The zero-order valence-electron chi connectivity index (χ0n) is 33.6. The summed E-state index contributed by atoms with van der Waals surface area (Å²) in [5.41, 5.74) is 12.5. The molecule has 0 atom stereocenters. The van der Waals surface area contributed by atoms with Gasteiger partial charge in [-0.1, -0.05) is 36.4 Å². The van der Waals surface area contributed by atoms with Gasteiger partial charge < -0.3 is 35.4 Å². The lowest BCUT2D eigenvalue weighted by Gasteiger charge is -2.21. The summed E-state index contributed by atoms with van der Waals surface area (Å²) in [6.45, 7) is 0.0915. The van der Waals surface area contributed by atoms with Gasteiger partial charge >= 0.3 is 5.97 Å². The number of carbonyl (C=O) groups excluding carboxylic acids is 1. The van der Waals surface area contributed by atoms with E-state index in [1.807, 2.05) is 90.8 Å². The topological polar surface area (TPSA) is 195 Å². The maximum absolute atomic E-state index is 12.7. The number of benzene rings is 2. The van der Waals surface area contributed by atoms with Gasteiger partial charge in [0.2, 0.25) is 5.91 Å². The molecule has 59 heavy (non-hydrogen) atoms. The Hall–Kier alpha value is -7.16. The maximum atomic E-state index is 12.7. The van der Waals surface area contributed by atoms with E-state index in [0.717, 1.165) is 78.3 Å². The van der Waals surface area contributed by atoms with E-state index in [-0.39, 0.29) is 19.0 Å². The predicted molar refractivity (Wildman–Crippen MR) is 228 cm³/mol. The third kappa shape index (κ3) is 10.6. The first-order valence-electron chi connectivity index (χ1n) is 19.2. The second kappa shape index (κ2) is 19.8. The molecule has 15 heteroatoms. The van der Waals surface area contributed by atoms with E-state index in [9.17, 15) is 9.59 Å². The molecule has 304 valence electrons. The van der Waals surface area contributed by atoms with Crippen molar-refractivity contribution in [2.24, 2.45) is 0 Å². The number of anilines is 4. The minimum Gasteiger partial charge on any atom is -0.495 e. The lowest BCUT2D eigenvalue weighted by molar-refractivity contribution is -0.135. The van der Waals surface area contributed by atoms with Gasteiger partial charge in [-0.15, -0.1) is 0 Å². The summed E-state index contributed by atoms with van der Waals surface area (Å²) < 4.78 is 10.2. The number of carboxylic acid groups (broad SMARTS) is 1. The molecule has 0 saturated heterocycles. The van der Waals surface area contributed by atoms with Crippen LogP contribution in [0.25, 0.3) is 23.0 Å². The quantitative estimate of drug-likeness (QED) is 0.130. The summed E-state index contributed by atoms with van der Waals surface area (Å²) in [4.78, 5) is 54.4. The van der Waals surface area contributed by atoms with Crippen LogP contribution in [0.5, 0.6) is 11.5 Å². The van der Waals surface area contributed by atoms with E-state index < -0.39 is 5.97 Å². The molecule has 8 rings (SSSR count). The largest absolute Gasteiger partial charge is 0.495 e. The Morgan fingerprint density at radius 2 is 1.15 bits per heavy atom. The summed E-state index contributed by atoms with van der Waals surface area (Å²) in [5, 5.41) is 11.9. The van der Waals surface area contributed by atoms with Gasteiger partial charge in [0.15, 0.2) is 11.6 Å². The van der Waals surface area contributed by atoms with E-state index in [1.165, 1.54) is 0 Å². The smallest absolute Gasteiger partial charge is 0.323 e. The van der Waals surface area contributed by atoms with Crippen molar-refractivity contribution in [2.75, 3.05) is 62.3 Å². The number of aliphatic carboxylic acids is 1. The standard InChI is InChI=1S/C22H23N5O2.C15H16N4O2.C7H9NO/c1-27(14-20(28)24-17-9-3-4-12-19(17)29-2)22-15-8-7-11-16(15)25-21(26-22)18-10-5-6-13-23-18;1-19(9-13(20)21)15-10-5-4-7-11(10)17-14(18-15)12-6-2-3-8-16-12;1-9-7-5-3-2-4-6(7)8/h3-6,9-10,12-13H,7-8,11,14H2,1-2H3,(H,24,28);2-3,6,8H,4-5,7,9H2,1H3,(H,20,21);2-5H,8H2,1H3. The summed E-state index contributed by atoms with van der Waals surface area (Å²) in [5.74, 6) is 3.01. The fraction of sp³-hybridized carbons (Fsp3) is 0.273. The number of nitrogen functional groups attached to an aromatic ring is 1. The van der Waals surface area contributed by atoms with Crippen LogP contribution in [-0.2, 0) is 35.3 Å². The number of aromatic nitrogens is 6. The number of fused-ring (bicyclic) bond motifs is 2. The minimum absolute atomic E-state index is 0.0783. The Balaban J connectivity index is 0.000000169. The van der Waals surface area contributed by atoms with Crippen molar-refractivity contribution >= 4 is 34.9 Å². The van der Waals surface area contributed by atoms with Gasteiger partial charge in [0.1, 0.15) is 41.1 Å². The highest BCUT2D eigenvalue weighted by Crippen LogP contribution is 2.32. The SMILES string of the molecule is CN(CC(=O)O)c1nc(-c2ccccn2)nc2c1CCC2.COc1ccccc1N.COc1ccccc1NC(=O)CN(C)c1nc(-c2ccccn2)nc2c1CCC2. The molecule has 2 aliphatic rings. The Labute approximate surface area is 343 Å². The van der Waals surface area contributed by atoms with Crippen LogP contribution in [0, 0.1) is 0 Å². The maximum Gasteiger partial charge on any atom is 0.323 e. The Kier molecular flexibility index (Phi) is 13.9. The summed E-state index contributed by atoms with van der Waals surface area (Å²) >= 11 is 0. The number of nitrogens with one attached hydrogen (secondary N) is 1. The van der Waals surface area contributed by atoms with Crippen LogP contribution in [0.1, 0.15) is 35.4 Å². The van der Waals surface area contributed by atoms with Gasteiger partial charge in [0, 0.05) is 49.0 Å². The number of hydrogen-bond donors (Lipinski definition) is 3. The molecule has 0 saturated carbocycles. The third-order valence-corrected chi connectivity index (χ3v) is 9.61. The molecule has 4 aromatic heterocycles. The number of pyridine rings is 2. The van der Waals surface area contributed by atoms with E-state index >= 15 is 0 Å². The van der Waals surface area contributed by atoms with E-state index in [2.05, 4.69) is 25.3 Å². The molecule has 15 nitrogen and oxygen atoms in total. The number of nitrogens with zero attached hydrogens (tertiary/aromatic N) is 8. The number of methoxy groups -OCH3 is 2. The highest BCUT2D eigenvalue weighted by molar-refractivity contribution is 5.95. The van der Waals surface area contributed by atoms with Gasteiger partial charge in [0.05, 0.1) is 32.1 Å². The second-order valence-electron chi connectivity index (χ2n) is 13.8. The third-order valence-electron chi connectivity index (χ3n) is 9.61. The first kappa shape index (κ1) is 41.5. The molecule has 4 N–H and O–H groups in total. The van der Waals surface area contributed by atoms with Crippen molar-refractivity contribution in [3.05, 3.63) is 120 Å². The molecule has 6 aromatic rings. The van der Waals surface area contributed by atoms with Crippen LogP contribution in [0.3, 0.4) is 0 Å². The molecule has 0 unspecified atom stereocenters. The molecule has 0 radical (unpaired) electrons. The highest BCUT2D eigenvalue weighted by Gasteiger charge is 2.25. The number of para-hydroxylation sites is 4. The number of likely N-dealkylation sites (N-methyl/N-ethyl adjacent to an activating group) is 2. The van der Waals surface area contributed by atoms with Gasteiger partial charge in [-0.05, 0) is 87.1 Å². The molecule has 2 aromatic carbocycles. The molecule has 0 aliphatic heterocycles. The molecule has 2 aliphatic carbocycles. The molecular formula is C44H48N10O5. The number of ether oxygens (including phenoxy) is 2. The van der Waals surface area contributed by atoms with Crippen LogP contribution in [0.15, 0.2) is 97.3 Å². The number of nitrogens with two attached hydrogens (primary N) is 1. The first-order valence-corrected chi connectivity index (χ1v) is 19.2. The minimum atomic E-state index is -0.873. The fourth-order valence-electron chi connectivity index (χ4n) is 6.85. The monoisotopic (exact) mass is 796 g/mol. The number of hydrogen-bond acceptors (Lipinski definition) is 13. The Morgan fingerprint density at radius 3 is 1.63 bits per heavy atom. The van der Waals surface area contributed by atoms with Crippen LogP contribution in [-0.4, -0.2) is 88.3 Å². The molecule has 0 fully saturated rings. The van der Waals surface area contributed by atoms with Crippen molar-refractivity contribution in [3.8, 4) is 34.5 Å². The van der Waals surface area contributed by atoms with Crippen molar-refractivity contribution in [1.29, 1.82) is 0 Å². The van der Waals surface area contributed by atoms with Gasteiger partial charge in [-0.3, -0.25) is 19.6 Å². The Bertz CT molecular complexity index is 2370. The second-order valence-corrected chi connectivity index (χ2v) is 13.8. The number of carbonyl (C=O) groups is 2. The average Bonchev–Trinajstić information content (AvgIpc) is 3.94. The lowest BCUT2D eigenvalue weighted by Crippen LogP contribution is -2.31. The first-order chi connectivity index (χ1) is 28.6. The summed E-state index contributed by atoms with van der Waals surface area (Å²) in [6.07, 6.45) is 9.16. The number of amides is 1. The van der Waals surface area contributed by atoms with Crippen LogP contribution >= 0.6 is 0 Å². The number of carboxylic acids is 1. The molecule has 4 heterocycles. The van der Waals surface area contributed by atoms with Crippen molar-refractivity contribution in [2.45, 2.75) is 38.5 Å². The van der Waals surface area contributed by atoms with E-state index in [1.54, 1.807) is 44.6 Å². The normalized spacial score (nSPS) is 12.1. The summed E-state index contributed by atoms with van der Waals surface area (Å²) in [7, 11) is 6.81. The highest BCUT2D eigenvalue weighted by atomic mass is 16.5. The molecule has 1 amide bonds. The van der Waals surface area contributed by atoms with Crippen molar-refractivity contribution in [1.82, 2.24) is 29.9 Å². The van der Waals surface area contributed by atoms with Crippen LogP contribution < -0.4 is 30.3 Å². The van der Waals surface area contributed by atoms with Gasteiger partial charge in [0.25, 0.3) is 0 Å². The lowest BCUT2D eigenvalue weighted by atomic mass is 10.2. The molecule has 0 bridgehead atoms. The van der Waals surface area contributed by atoms with Crippen LogP contribution in [0.2, 0.25) is 0 Å². The Morgan fingerprint density at radius 1 is 0.661 bits per heavy atom. The van der Waals surface area contributed by atoms with Crippen molar-refractivity contribution in [3.63, 3.8) is 0 Å². The van der Waals surface area contributed by atoms with Gasteiger partial charge in [-0.25, -0.2) is 19.9 Å².